The number of halogens is 1. The van der Waals surface area contributed by atoms with Gasteiger partial charge < -0.3 is 10.2 Å². The number of rotatable bonds is 11. The summed E-state index contributed by atoms with van der Waals surface area (Å²) in [7, 11) is -3.77. The number of hydrogen-bond donors (Lipinski definition) is 1. The molecule has 9 heteroatoms. The second-order valence-corrected chi connectivity index (χ2v) is 10.4. The van der Waals surface area contributed by atoms with Crippen molar-refractivity contribution in [2.45, 2.75) is 45.7 Å². The SMILES string of the molecule is CC[C@H](C)NC(=O)[C@@H](C)N(CCc1ccccc1)C(=O)CN(c1cccc(Cl)c1)S(C)(=O)=O. The molecule has 0 aliphatic rings. The fraction of sp³-hybridized carbons (Fsp3) is 0.417. The molecule has 2 aromatic carbocycles. The molecule has 1 N–H and O–H groups in total. The highest BCUT2D eigenvalue weighted by Crippen LogP contribution is 2.22. The van der Waals surface area contributed by atoms with Gasteiger partial charge in [0.15, 0.2) is 0 Å². The number of nitrogens with one attached hydrogen (secondary N) is 1. The Morgan fingerprint density at radius 2 is 1.73 bits per heavy atom. The van der Waals surface area contributed by atoms with Crippen LogP contribution in [0.5, 0.6) is 0 Å². The molecule has 2 atom stereocenters. The van der Waals surface area contributed by atoms with Gasteiger partial charge in [0.05, 0.1) is 11.9 Å². The Labute approximate surface area is 201 Å². The number of benzene rings is 2. The zero-order chi connectivity index (χ0) is 24.6. The van der Waals surface area contributed by atoms with E-state index in [4.69, 9.17) is 11.6 Å². The van der Waals surface area contributed by atoms with E-state index in [1.54, 1.807) is 25.1 Å². The van der Waals surface area contributed by atoms with Crippen LogP contribution in [0.1, 0.15) is 32.8 Å². The first-order chi connectivity index (χ1) is 15.5. The molecular formula is C24H32ClN3O4S. The summed E-state index contributed by atoms with van der Waals surface area (Å²) >= 11 is 6.04. The van der Waals surface area contributed by atoms with Gasteiger partial charge in [0.1, 0.15) is 12.6 Å². The summed E-state index contributed by atoms with van der Waals surface area (Å²) < 4.78 is 26.0. The maximum absolute atomic E-state index is 13.4. The minimum Gasteiger partial charge on any atom is -0.352 e. The Bertz CT molecular complexity index is 1050. The Kier molecular flexibility index (Phi) is 9.73. The highest BCUT2D eigenvalue weighted by atomic mass is 35.5. The maximum Gasteiger partial charge on any atom is 0.244 e. The van der Waals surface area contributed by atoms with Crippen LogP contribution in [0.2, 0.25) is 5.02 Å². The van der Waals surface area contributed by atoms with Crippen LogP contribution >= 0.6 is 11.6 Å². The van der Waals surface area contributed by atoms with Gasteiger partial charge >= 0.3 is 0 Å². The molecule has 0 fully saturated rings. The summed E-state index contributed by atoms with van der Waals surface area (Å²) in [4.78, 5) is 27.6. The number of nitrogens with zero attached hydrogens (tertiary/aromatic N) is 2. The van der Waals surface area contributed by atoms with E-state index in [1.807, 2.05) is 44.2 Å². The molecule has 0 heterocycles. The lowest BCUT2D eigenvalue weighted by molar-refractivity contribution is -0.139. The molecule has 0 aliphatic carbocycles. The van der Waals surface area contributed by atoms with Gasteiger partial charge in [0, 0.05) is 17.6 Å². The first-order valence-electron chi connectivity index (χ1n) is 10.9. The van der Waals surface area contributed by atoms with Crippen LogP contribution in [0.25, 0.3) is 0 Å². The molecule has 0 bridgehead atoms. The number of carbonyl (C=O) groups excluding carboxylic acids is 2. The molecular weight excluding hydrogens is 462 g/mol. The summed E-state index contributed by atoms with van der Waals surface area (Å²) in [5.74, 6) is -0.748. The summed E-state index contributed by atoms with van der Waals surface area (Å²) in [5.41, 5.74) is 1.30. The van der Waals surface area contributed by atoms with Crippen LogP contribution < -0.4 is 9.62 Å². The molecule has 180 valence electrons. The Morgan fingerprint density at radius 3 is 2.30 bits per heavy atom. The van der Waals surface area contributed by atoms with Crippen molar-refractivity contribution in [3.05, 3.63) is 65.2 Å². The zero-order valence-corrected chi connectivity index (χ0v) is 21.1. The number of carbonyl (C=O) groups is 2. The monoisotopic (exact) mass is 493 g/mol. The van der Waals surface area contributed by atoms with Gasteiger partial charge in [-0.2, -0.15) is 0 Å². The average Bonchev–Trinajstić information content (AvgIpc) is 2.77. The zero-order valence-electron chi connectivity index (χ0n) is 19.5. The van der Waals surface area contributed by atoms with Crippen LogP contribution in [0.3, 0.4) is 0 Å². The quantitative estimate of drug-likeness (QED) is 0.519. The Hall–Kier alpha value is -2.58. The van der Waals surface area contributed by atoms with E-state index in [-0.39, 0.29) is 24.2 Å². The Morgan fingerprint density at radius 1 is 1.06 bits per heavy atom. The van der Waals surface area contributed by atoms with Crippen molar-refractivity contribution < 1.29 is 18.0 Å². The van der Waals surface area contributed by atoms with Gasteiger partial charge in [-0.05, 0) is 50.5 Å². The first-order valence-corrected chi connectivity index (χ1v) is 13.1. The van der Waals surface area contributed by atoms with E-state index in [0.717, 1.165) is 22.5 Å². The summed E-state index contributed by atoms with van der Waals surface area (Å²) in [6.07, 6.45) is 2.32. The second kappa shape index (κ2) is 12.0. The van der Waals surface area contributed by atoms with E-state index in [1.165, 1.54) is 11.0 Å². The number of amides is 2. The highest BCUT2D eigenvalue weighted by Gasteiger charge is 2.30. The van der Waals surface area contributed by atoms with E-state index < -0.39 is 28.5 Å². The molecule has 0 saturated heterocycles. The van der Waals surface area contributed by atoms with Crippen molar-refractivity contribution in [3.63, 3.8) is 0 Å². The lowest BCUT2D eigenvalue weighted by Crippen LogP contribution is -2.53. The van der Waals surface area contributed by atoms with Crippen LogP contribution in [0.15, 0.2) is 54.6 Å². The van der Waals surface area contributed by atoms with Crippen LogP contribution in [-0.2, 0) is 26.0 Å². The fourth-order valence-electron chi connectivity index (χ4n) is 3.28. The van der Waals surface area contributed by atoms with Gasteiger partial charge in [0.25, 0.3) is 0 Å². The molecule has 0 aliphatic heterocycles. The topological polar surface area (TPSA) is 86.8 Å². The number of anilines is 1. The predicted molar refractivity (Wildman–Crippen MR) is 133 cm³/mol. The minimum atomic E-state index is -3.77. The average molecular weight is 494 g/mol. The highest BCUT2D eigenvalue weighted by molar-refractivity contribution is 7.92. The van der Waals surface area contributed by atoms with E-state index >= 15 is 0 Å². The van der Waals surface area contributed by atoms with Crippen molar-refractivity contribution in [2.24, 2.45) is 0 Å². The van der Waals surface area contributed by atoms with Gasteiger partial charge in [-0.15, -0.1) is 0 Å². The predicted octanol–water partition coefficient (Wildman–Crippen LogP) is 3.48. The first kappa shape index (κ1) is 26.7. The molecule has 0 saturated carbocycles. The molecule has 7 nitrogen and oxygen atoms in total. The van der Waals surface area contributed by atoms with Gasteiger partial charge in [-0.25, -0.2) is 8.42 Å². The van der Waals surface area contributed by atoms with E-state index in [0.29, 0.717) is 11.4 Å². The third-order valence-electron chi connectivity index (χ3n) is 5.43. The molecule has 0 spiro atoms. The smallest absolute Gasteiger partial charge is 0.244 e. The van der Waals surface area contributed by atoms with Crippen molar-refractivity contribution in [3.8, 4) is 0 Å². The van der Waals surface area contributed by atoms with E-state index in [9.17, 15) is 18.0 Å². The standard InChI is InChI=1S/C24H32ClN3O4S/c1-5-18(2)26-24(30)19(3)27(15-14-20-10-7-6-8-11-20)23(29)17-28(33(4,31)32)22-13-9-12-21(25)16-22/h6-13,16,18-19H,5,14-15,17H2,1-4H3,(H,26,30)/t18-,19+/m0/s1. The minimum absolute atomic E-state index is 0.0370. The van der Waals surface area contributed by atoms with Gasteiger partial charge in [-0.3, -0.25) is 13.9 Å². The fourth-order valence-corrected chi connectivity index (χ4v) is 4.31. The maximum atomic E-state index is 13.4. The second-order valence-electron chi connectivity index (χ2n) is 8.07. The van der Waals surface area contributed by atoms with Crippen molar-refractivity contribution in [2.75, 3.05) is 23.7 Å². The number of hydrogen-bond acceptors (Lipinski definition) is 4. The van der Waals surface area contributed by atoms with Crippen molar-refractivity contribution in [1.29, 1.82) is 0 Å². The normalized spacial score (nSPS) is 13.1. The van der Waals surface area contributed by atoms with Gasteiger partial charge in [-0.1, -0.05) is 54.9 Å². The van der Waals surface area contributed by atoms with Crippen molar-refractivity contribution >= 4 is 39.1 Å². The Balaban J connectivity index is 2.30. The largest absolute Gasteiger partial charge is 0.352 e. The number of sulfonamides is 1. The van der Waals surface area contributed by atoms with Crippen molar-refractivity contribution in [1.82, 2.24) is 10.2 Å². The summed E-state index contributed by atoms with van der Waals surface area (Å²) in [6.45, 7) is 5.35. The lowest BCUT2D eigenvalue weighted by atomic mass is 10.1. The molecule has 2 amide bonds. The third kappa shape index (κ3) is 8.05. The van der Waals surface area contributed by atoms with Crippen LogP contribution in [-0.4, -0.2) is 56.6 Å². The van der Waals surface area contributed by atoms with Crippen LogP contribution in [0, 0.1) is 0 Å². The molecule has 33 heavy (non-hydrogen) atoms. The third-order valence-corrected chi connectivity index (χ3v) is 6.80. The summed E-state index contributed by atoms with van der Waals surface area (Å²) in [5, 5.41) is 3.26. The molecule has 2 aromatic rings. The molecule has 2 rings (SSSR count). The molecule has 0 aromatic heterocycles. The van der Waals surface area contributed by atoms with Gasteiger partial charge in [0.2, 0.25) is 21.8 Å². The van der Waals surface area contributed by atoms with E-state index in [2.05, 4.69) is 5.32 Å². The summed E-state index contributed by atoms with van der Waals surface area (Å²) in [6, 6.07) is 15.1. The molecule has 0 unspecified atom stereocenters. The van der Waals surface area contributed by atoms with Crippen LogP contribution in [0.4, 0.5) is 5.69 Å². The lowest BCUT2D eigenvalue weighted by Gasteiger charge is -2.32. The molecule has 0 radical (unpaired) electrons.